The Hall–Kier alpha value is -7.41. The maximum atomic E-state index is 6.48. The number of aromatic nitrogens is 4. The van der Waals surface area contributed by atoms with E-state index < -0.39 is 0 Å². The Morgan fingerprint density at radius 2 is 1.02 bits per heavy atom. The summed E-state index contributed by atoms with van der Waals surface area (Å²) in [5, 5.41) is 7.03. The van der Waals surface area contributed by atoms with Crippen LogP contribution in [0.15, 0.2) is 186 Å². The number of fused-ring (bicyclic) bond motifs is 9. The molecule has 0 aliphatic carbocycles. The molecular weight excluding hydrogens is 717 g/mol. The number of benzene rings is 8. The van der Waals surface area contributed by atoms with Crippen LogP contribution < -0.4 is 0 Å². The lowest BCUT2D eigenvalue weighted by Crippen LogP contribution is -2.01. The lowest BCUT2D eigenvalue weighted by Gasteiger charge is -2.11. The molecule has 0 aliphatic rings. The quantitative estimate of drug-likeness (QED) is 0.176. The van der Waals surface area contributed by atoms with E-state index in [1.165, 1.54) is 42.1 Å². The minimum absolute atomic E-state index is 0.566. The Bertz CT molecular complexity index is 3520. The predicted octanol–water partition coefficient (Wildman–Crippen LogP) is 13.9. The van der Waals surface area contributed by atoms with Gasteiger partial charge in [-0.25, -0.2) is 15.0 Å². The minimum Gasteiger partial charge on any atom is -0.455 e. The van der Waals surface area contributed by atoms with Gasteiger partial charge in [0.15, 0.2) is 17.5 Å². The minimum atomic E-state index is 0.566. The van der Waals surface area contributed by atoms with Gasteiger partial charge in [-0.15, -0.1) is 11.3 Å². The Morgan fingerprint density at radius 1 is 0.386 bits per heavy atom. The highest BCUT2D eigenvalue weighted by Gasteiger charge is 2.19. The molecule has 12 aromatic rings. The van der Waals surface area contributed by atoms with Crippen molar-refractivity contribution in [2.45, 2.75) is 0 Å². The average Bonchev–Trinajstić information content (AvgIpc) is 3.96. The zero-order valence-electron chi connectivity index (χ0n) is 30.4. The van der Waals surface area contributed by atoms with Gasteiger partial charge < -0.3 is 8.98 Å². The van der Waals surface area contributed by atoms with E-state index in [2.05, 4.69) is 162 Å². The van der Waals surface area contributed by atoms with E-state index in [-0.39, 0.29) is 0 Å². The number of para-hydroxylation sites is 3. The molecule has 4 heterocycles. The van der Waals surface area contributed by atoms with Gasteiger partial charge in [0, 0.05) is 58.5 Å². The zero-order valence-corrected chi connectivity index (χ0v) is 31.2. The predicted molar refractivity (Wildman–Crippen MR) is 236 cm³/mol. The molecule has 0 radical (unpaired) electrons. The van der Waals surface area contributed by atoms with E-state index in [0.29, 0.717) is 17.5 Å². The Labute approximate surface area is 330 Å². The molecule has 0 saturated carbocycles. The molecular formula is C51H30N4OS. The van der Waals surface area contributed by atoms with Crippen LogP contribution in [0.2, 0.25) is 0 Å². The normalized spacial score (nSPS) is 11.9. The SMILES string of the molecule is c1ccc(-c2ccc3c4ccccc4n(-c4ccc(-c5nc(-c6ccc7c(c6)sc6ccccc67)nc(-c6cccc7c6oc6ccccc67)n5)cc4)c3c2)cc1. The second kappa shape index (κ2) is 12.6. The van der Waals surface area contributed by atoms with Crippen molar-refractivity contribution in [3.05, 3.63) is 182 Å². The fourth-order valence-corrected chi connectivity index (χ4v) is 9.51. The van der Waals surface area contributed by atoms with Crippen LogP contribution in [0, 0.1) is 0 Å². The van der Waals surface area contributed by atoms with Gasteiger partial charge in [-0.1, -0.05) is 121 Å². The van der Waals surface area contributed by atoms with Crippen LogP contribution in [0.5, 0.6) is 0 Å². The number of rotatable bonds is 5. The van der Waals surface area contributed by atoms with Gasteiger partial charge in [-0.3, -0.25) is 0 Å². The molecule has 0 aliphatic heterocycles. The maximum absolute atomic E-state index is 6.48. The van der Waals surface area contributed by atoms with Crippen LogP contribution in [0.3, 0.4) is 0 Å². The maximum Gasteiger partial charge on any atom is 0.167 e. The lowest BCUT2D eigenvalue weighted by atomic mass is 10.0. The van der Waals surface area contributed by atoms with Crippen molar-refractivity contribution in [1.82, 2.24) is 19.5 Å². The van der Waals surface area contributed by atoms with Crippen molar-refractivity contribution in [3.8, 4) is 51.0 Å². The van der Waals surface area contributed by atoms with Crippen LogP contribution in [-0.4, -0.2) is 19.5 Å². The van der Waals surface area contributed by atoms with Crippen LogP contribution in [0.4, 0.5) is 0 Å². The molecule has 6 heteroatoms. The monoisotopic (exact) mass is 746 g/mol. The molecule has 0 saturated heterocycles. The Balaban J connectivity index is 1.03. The van der Waals surface area contributed by atoms with E-state index in [0.717, 1.165) is 55.3 Å². The van der Waals surface area contributed by atoms with Gasteiger partial charge >= 0.3 is 0 Å². The van der Waals surface area contributed by atoms with Crippen molar-refractivity contribution in [2.75, 3.05) is 0 Å². The molecule has 0 atom stereocenters. The number of furan rings is 1. The van der Waals surface area contributed by atoms with E-state index in [1.807, 2.05) is 24.3 Å². The third kappa shape index (κ3) is 5.12. The Kier molecular flexibility index (Phi) is 7.03. The van der Waals surface area contributed by atoms with Gasteiger partial charge in [0.1, 0.15) is 11.2 Å². The zero-order chi connectivity index (χ0) is 37.5. The molecule has 0 bridgehead atoms. The van der Waals surface area contributed by atoms with Gasteiger partial charge in [-0.2, -0.15) is 0 Å². The molecule has 0 fully saturated rings. The topological polar surface area (TPSA) is 56.7 Å². The second-order valence-corrected chi connectivity index (χ2v) is 15.5. The van der Waals surface area contributed by atoms with Crippen LogP contribution in [0.25, 0.3) is 115 Å². The molecule has 12 rings (SSSR count). The van der Waals surface area contributed by atoms with Crippen LogP contribution >= 0.6 is 11.3 Å². The van der Waals surface area contributed by atoms with Crippen LogP contribution in [0.1, 0.15) is 0 Å². The van der Waals surface area contributed by atoms with Gasteiger partial charge in [0.25, 0.3) is 0 Å². The van der Waals surface area contributed by atoms with E-state index >= 15 is 0 Å². The molecule has 57 heavy (non-hydrogen) atoms. The van der Waals surface area contributed by atoms with Crippen molar-refractivity contribution in [2.24, 2.45) is 0 Å². The highest BCUT2D eigenvalue weighted by Crippen LogP contribution is 2.39. The second-order valence-electron chi connectivity index (χ2n) is 14.4. The summed E-state index contributed by atoms with van der Waals surface area (Å²) in [6.07, 6.45) is 0. The first kappa shape index (κ1) is 31.9. The largest absolute Gasteiger partial charge is 0.455 e. The number of thiophene rings is 1. The van der Waals surface area contributed by atoms with Crippen LogP contribution in [-0.2, 0) is 0 Å². The summed E-state index contributed by atoms with van der Waals surface area (Å²) in [5.74, 6) is 1.78. The van der Waals surface area contributed by atoms with E-state index in [4.69, 9.17) is 19.4 Å². The standard InChI is InChI=1S/C51H30N4OS/c1-2-11-31(12-3-1)33-23-27-37-36-13-4-7-18-43(36)55(44(37)29-33)35-25-21-32(22-26-35)49-52-50(34-24-28-40-39-15-6-9-20-46(39)57-47(40)30-34)54-51(53-49)42-17-10-16-41-38-14-5-8-19-45(38)56-48(41)42/h1-30H. The molecule has 5 nitrogen and oxygen atoms in total. The summed E-state index contributed by atoms with van der Waals surface area (Å²) in [7, 11) is 0. The van der Waals surface area contributed by atoms with Gasteiger partial charge in [-0.05, 0) is 71.8 Å². The number of hydrogen-bond donors (Lipinski definition) is 0. The first-order valence-electron chi connectivity index (χ1n) is 19.0. The smallest absolute Gasteiger partial charge is 0.167 e. The molecule has 8 aromatic carbocycles. The first-order chi connectivity index (χ1) is 28.2. The highest BCUT2D eigenvalue weighted by atomic mass is 32.1. The molecule has 4 aromatic heterocycles. The molecule has 266 valence electrons. The fourth-order valence-electron chi connectivity index (χ4n) is 8.36. The third-order valence-corrected chi connectivity index (χ3v) is 12.2. The number of nitrogens with zero attached hydrogens (tertiary/aromatic N) is 4. The van der Waals surface area contributed by atoms with Crippen molar-refractivity contribution < 1.29 is 4.42 Å². The third-order valence-electron chi connectivity index (χ3n) is 11.1. The fraction of sp³-hybridized carbons (Fsp3) is 0. The lowest BCUT2D eigenvalue weighted by molar-refractivity contribution is 0.669. The summed E-state index contributed by atoms with van der Waals surface area (Å²) in [4.78, 5) is 15.5. The van der Waals surface area contributed by atoms with Gasteiger partial charge in [0.2, 0.25) is 0 Å². The number of hydrogen-bond acceptors (Lipinski definition) is 5. The summed E-state index contributed by atoms with van der Waals surface area (Å²) >= 11 is 1.79. The van der Waals surface area contributed by atoms with E-state index in [1.54, 1.807) is 11.3 Å². The van der Waals surface area contributed by atoms with Crippen molar-refractivity contribution in [1.29, 1.82) is 0 Å². The summed E-state index contributed by atoms with van der Waals surface area (Å²) in [5.41, 5.74) is 10.0. The van der Waals surface area contributed by atoms with Crippen molar-refractivity contribution in [3.63, 3.8) is 0 Å². The molecule has 0 N–H and O–H groups in total. The average molecular weight is 747 g/mol. The summed E-state index contributed by atoms with van der Waals surface area (Å²) in [6.45, 7) is 0. The van der Waals surface area contributed by atoms with Crippen molar-refractivity contribution >= 4 is 75.3 Å². The highest BCUT2D eigenvalue weighted by molar-refractivity contribution is 7.25. The molecule has 0 spiro atoms. The first-order valence-corrected chi connectivity index (χ1v) is 19.8. The molecule has 0 amide bonds. The Morgan fingerprint density at radius 3 is 1.89 bits per heavy atom. The summed E-state index contributed by atoms with van der Waals surface area (Å²) < 4.78 is 11.3. The van der Waals surface area contributed by atoms with E-state index in [9.17, 15) is 0 Å². The molecule has 0 unspecified atom stereocenters. The summed E-state index contributed by atoms with van der Waals surface area (Å²) in [6, 6.07) is 63.9. The van der Waals surface area contributed by atoms with Gasteiger partial charge in [0.05, 0.1) is 16.6 Å².